The second-order valence-corrected chi connectivity index (χ2v) is 7.90. The van der Waals surface area contributed by atoms with Gasteiger partial charge in [-0.1, -0.05) is 60.2 Å². The van der Waals surface area contributed by atoms with Crippen LogP contribution in [0.3, 0.4) is 0 Å². The average Bonchev–Trinajstić information content (AvgIpc) is 3.12. The van der Waals surface area contributed by atoms with Crippen LogP contribution in [0.1, 0.15) is 39.4 Å². The molecule has 3 aromatic carbocycles. The third-order valence-corrected chi connectivity index (χ3v) is 5.64. The molecular weight excluding hydrogens is 420 g/mol. The zero-order valence-corrected chi connectivity index (χ0v) is 18.1. The summed E-state index contributed by atoms with van der Waals surface area (Å²) in [4.78, 5) is 35.8. The first-order valence-corrected chi connectivity index (χ1v) is 10.7. The number of ether oxygens (including phenoxy) is 1. The maximum atomic E-state index is 12.2. The number of rotatable bonds is 7. The van der Waals surface area contributed by atoms with Crippen LogP contribution in [0, 0.1) is 6.92 Å². The maximum absolute atomic E-state index is 12.2. The molecule has 1 aliphatic rings. The molecule has 168 valence electrons. The number of amides is 2. The molecule has 0 aromatic heterocycles. The summed E-state index contributed by atoms with van der Waals surface area (Å²) in [5, 5.41) is 14.5. The van der Waals surface area contributed by atoms with Crippen molar-refractivity contribution in [3.05, 3.63) is 89.0 Å². The van der Waals surface area contributed by atoms with Crippen molar-refractivity contribution in [2.24, 2.45) is 0 Å². The van der Waals surface area contributed by atoms with Crippen molar-refractivity contribution in [3.63, 3.8) is 0 Å². The molecule has 4 rings (SSSR count). The Morgan fingerprint density at radius 3 is 2.21 bits per heavy atom. The van der Waals surface area contributed by atoms with Crippen LogP contribution in [-0.4, -0.2) is 36.2 Å². The third kappa shape index (κ3) is 4.87. The number of nitrogens with one attached hydrogen (secondary N) is 2. The van der Waals surface area contributed by atoms with Crippen LogP contribution in [0.15, 0.2) is 66.7 Å². The largest absolute Gasteiger partial charge is 0.478 e. The fraction of sp³-hybridized carbons (Fsp3) is 0.192. The highest BCUT2D eigenvalue weighted by Gasteiger charge is 2.29. The molecule has 0 fully saturated rings. The van der Waals surface area contributed by atoms with Gasteiger partial charge in [0.1, 0.15) is 6.61 Å². The SMILES string of the molecule is Cc1ccc(NC(=O)CCNC(=O)OCC2c3ccccc3-c3ccccc32)c(C(=O)O)c1. The van der Waals surface area contributed by atoms with Gasteiger partial charge in [0.05, 0.1) is 11.3 Å². The monoisotopic (exact) mass is 444 g/mol. The molecule has 3 aromatic rings. The Morgan fingerprint density at radius 1 is 0.939 bits per heavy atom. The van der Waals surface area contributed by atoms with E-state index in [1.165, 1.54) is 6.07 Å². The predicted molar refractivity (Wildman–Crippen MR) is 124 cm³/mol. The van der Waals surface area contributed by atoms with E-state index in [9.17, 15) is 19.5 Å². The summed E-state index contributed by atoms with van der Waals surface area (Å²) in [5.74, 6) is -1.56. The van der Waals surface area contributed by atoms with Gasteiger partial charge in [-0.05, 0) is 41.3 Å². The number of fused-ring (bicyclic) bond motifs is 3. The number of anilines is 1. The quantitative estimate of drug-likeness (QED) is 0.496. The zero-order chi connectivity index (χ0) is 23.4. The standard InChI is InChI=1S/C26H24N2O5/c1-16-10-11-23(21(14-16)25(30)31)28-24(29)12-13-27-26(32)33-15-22-19-8-4-2-6-17(19)18-7-3-5-9-20(18)22/h2-11,14,22H,12-13,15H2,1H3,(H,27,32)(H,28,29)(H,30,31). The van der Waals surface area contributed by atoms with Crippen molar-refractivity contribution in [1.29, 1.82) is 0 Å². The molecule has 0 aliphatic heterocycles. The van der Waals surface area contributed by atoms with E-state index in [4.69, 9.17) is 4.74 Å². The predicted octanol–water partition coefficient (Wildman–Crippen LogP) is 4.56. The molecule has 3 N–H and O–H groups in total. The minimum atomic E-state index is -1.12. The number of carbonyl (C=O) groups excluding carboxylic acids is 2. The van der Waals surface area contributed by atoms with Crippen LogP contribution in [-0.2, 0) is 9.53 Å². The van der Waals surface area contributed by atoms with E-state index >= 15 is 0 Å². The number of hydrogen-bond acceptors (Lipinski definition) is 4. The molecule has 2 amide bonds. The van der Waals surface area contributed by atoms with Gasteiger partial charge in [-0.3, -0.25) is 4.79 Å². The smallest absolute Gasteiger partial charge is 0.407 e. The third-order valence-electron chi connectivity index (χ3n) is 5.64. The van der Waals surface area contributed by atoms with E-state index in [1.807, 2.05) is 36.4 Å². The van der Waals surface area contributed by atoms with Crippen molar-refractivity contribution in [3.8, 4) is 11.1 Å². The van der Waals surface area contributed by atoms with Crippen molar-refractivity contribution >= 4 is 23.7 Å². The first kappa shape index (κ1) is 22.1. The highest BCUT2D eigenvalue weighted by molar-refractivity contribution is 6.00. The summed E-state index contributed by atoms with van der Waals surface area (Å²) in [5.41, 5.74) is 5.57. The summed E-state index contributed by atoms with van der Waals surface area (Å²) in [6, 6.07) is 20.9. The van der Waals surface area contributed by atoms with Crippen molar-refractivity contribution in [2.75, 3.05) is 18.5 Å². The van der Waals surface area contributed by atoms with Gasteiger partial charge in [-0.25, -0.2) is 9.59 Å². The molecule has 0 spiro atoms. The number of carboxylic acid groups (broad SMARTS) is 1. The summed E-state index contributed by atoms with van der Waals surface area (Å²) in [6.45, 7) is 2.03. The Balaban J connectivity index is 1.28. The number of carbonyl (C=O) groups is 3. The number of hydrogen-bond donors (Lipinski definition) is 3. The number of alkyl carbamates (subject to hydrolysis) is 1. The molecule has 7 nitrogen and oxygen atoms in total. The maximum Gasteiger partial charge on any atom is 0.407 e. The molecule has 1 aliphatic carbocycles. The van der Waals surface area contributed by atoms with Gasteiger partial charge >= 0.3 is 12.1 Å². The summed E-state index contributed by atoms with van der Waals surface area (Å²) < 4.78 is 5.44. The highest BCUT2D eigenvalue weighted by atomic mass is 16.5. The van der Waals surface area contributed by atoms with Crippen molar-refractivity contribution in [2.45, 2.75) is 19.3 Å². The molecule has 7 heteroatoms. The van der Waals surface area contributed by atoms with Gasteiger partial charge in [-0.15, -0.1) is 0 Å². The molecule has 0 atom stereocenters. The van der Waals surface area contributed by atoms with E-state index in [2.05, 4.69) is 22.8 Å². The molecule has 0 saturated carbocycles. The molecule has 0 radical (unpaired) electrons. The Bertz CT molecular complexity index is 1180. The molecule has 0 heterocycles. The Kier molecular flexibility index (Phi) is 6.40. The summed E-state index contributed by atoms with van der Waals surface area (Å²) >= 11 is 0. The topological polar surface area (TPSA) is 105 Å². The minimum Gasteiger partial charge on any atom is -0.478 e. The minimum absolute atomic E-state index is 0.0167. The fourth-order valence-electron chi connectivity index (χ4n) is 4.08. The summed E-state index contributed by atoms with van der Waals surface area (Å²) in [6.07, 6.45) is -0.622. The molecule has 33 heavy (non-hydrogen) atoms. The van der Waals surface area contributed by atoms with E-state index in [-0.39, 0.29) is 36.7 Å². The van der Waals surface area contributed by atoms with Crippen LogP contribution in [0.5, 0.6) is 0 Å². The number of benzene rings is 3. The lowest BCUT2D eigenvalue weighted by Crippen LogP contribution is -2.29. The van der Waals surface area contributed by atoms with Crippen molar-refractivity contribution < 1.29 is 24.2 Å². The summed E-state index contributed by atoms with van der Waals surface area (Å²) in [7, 11) is 0. The van der Waals surface area contributed by atoms with Crippen molar-refractivity contribution in [1.82, 2.24) is 5.32 Å². The van der Waals surface area contributed by atoms with Crippen LogP contribution in [0.25, 0.3) is 11.1 Å². The highest BCUT2D eigenvalue weighted by Crippen LogP contribution is 2.44. The van der Waals surface area contributed by atoms with E-state index in [0.717, 1.165) is 27.8 Å². The van der Waals surface area contributed by atoms with E-state index < -0.39 is 18.0 Å². The average molecular weight is 444 g/mol. The van der Waals surface area contributed by atoms with E-state index in [0.29, 0.717) is 0 Å². The molecule has 0 saturated heterocycles. The van der Waals surface area contributed by atoms with Gasteiger partial charge < -0.3 is 20.5 Å². The van der Waals surface area contributed by atoms with Crippen LogP contribution >= 0.6 is 0 Å². The number of aryl methyl sites for hydroxylation is 1. The lowest BCUT2D eigenvalue weighted by atomic mass is 9.98. The Labute approximate surface area is 191 Å². The van der Waals surface area contributed by atoms with Crippen LogP contribution in [0.4, 0.5) is 10.5 Å². The number of carboxylic acids is 1. The van der Waals surface area contributed by atoms with Gasteiger partial charge in [0.2, 0.25) is 5.91 Å². The lowest BCUT2D eigenvalue weighted by molar-refractivity contribution is -0.116. The molecular formula is C26H24N2O5. The van der Waals surface area contributed by atoms with Gasteiger partial charge in [-0.2, -0.15) is 0 Å². The van der Waals surface area contributed by atoms with Gasteiger partial charge in [0, 0.05) is 18.9 Å². The second-order valence-electron chi connectivity index (χ2n) is 7.90. The molecule has 0 unspecified atom stereocenters. The van der Waals surface area contributed by atoms with Crippen LogP contribution < -0.4 is 10.6 Å². The van der Waals surface area contributed by atoms with Crippen LogP contribution in [0.2, 0.25) is 0 Å². The Hall–Kier alpha value is -4.13. The zero-order valence-electron chi connectivity index (χ0n) is 18.1. The molecule has 0 bridgehead atoms. The first-order valence-electron chi connectivity index (χ1n) is 10.7. The van der Waals surface area contributed by atoms with Gasteiger partial charge in [0.25, 0.3) is 0 Å². The second kappa shape index (κ2) is 9.56. The lowest BCUT2D eigenvalue weighted by Gasteiger charge is -2.14. The number of aromatic carboxylic acids is 1. The Morgan fingerprint density at radius 2 is 1.58 bits per heavy atom. The normalized spacial score (nSPS) is 11.9. The first-order chi connectivity index (χ1) is 15.9. The van der Waals surface area contributed by atoms with E-state index in [1.54, 1.807) is 19.1 Å². The van der Waals surface area contributed by atoms with Gasteiger partial charge in [0.15, 0.2) is 0 Å². The fourth-order valence-corrected chi connectivity index (χ4v) is 4.08.